The fraction of sp³-hybridized carbons (Fsp3) is 0.600. The first kappa shape index (κ1) is 12.3. The van der Waals surface area contributed by atoms with Crippen LogP contribution >= 0.6 is 0 Å². The van der Waals surface area contributed by atoms with Crippen molar-refractivity contribution in [2.75, 3.05) is 0 Å². The van der Waals surface area contributed by atoms with Crippen molar-refractivity contribution in [3.8, 4) is 11.5 Å². The van der Waals surface area contributed by atoms with Crippen LogP contribution in [0.4, 0.5) is 0 Å². The van der Waals surface area contributed by atoms with E-state index in [0.29, 0.717) is 5.75 Å². The standard InChI is InChI=1S/C15H22O2/c1-6-15(5)8-7-12-11(4)13(16)9(2)10(3)14(12)17-15/h16H,6-8H2,1-5H3/t15-/m0/s1. The molecule has 2 nitrogen and oxygen atoms in total. The second kappa shape index (κ2) is 3.94. The van der Waals surface area contributed by atoms with E-state index in [-0.39, 0.29) is 5.60 Å². The number of phenols is 1. The van der Waals surface area contributed by atoms with Crippen LogP contribution < -0.4 is 4.74 Å². The molecule has 1 aliphatic rings. The molecule has 0 unspecified atom stereocenters. The van der Waals surface area contributed by atoms with Crippen molar-refractivity contribution in [1.29, 1.82) is 0 Å². The number of benzene rings is 1. The van der Waals surface area contributed by atoms with Gasteiger partial charge in [0, 0.05) is 5.56 Å². The molecule has 1 aromatic carbocycles. The van der Waals surface area contributed by atoms with Crippen molar-refractivity contribution in [1.82, 2.24) is 0 Å². The molecular formula is C15H22O2. The summed E-state index contributed by atoms with van der Waals surface area (Å²) in [6.07, 6.45) is 3.05. The molecule has 94 valence electrons. The minimum atomic E-state index is -0.0480. The van der Waals surface area contributed by atoms with Gasteiger partial charge in [0.15, 0.2) is 0 Å². The third-order valence-electron chi connectivity index (χ3n) is 4.34. The Morgan fingerprint density at radius 3 is 2.41 bits per heavy atom. The molecule has 0 radical (unpaired) electrons. The van der Waals surface area contributed by atoms with Crippen molar-refractivity contribution in [3.05, 3.63) is 22.3 Å². The Bertz CT molecular complexity index is 463. The highest BCUT2D eigenvalue weighted by Crippen LogP contribution is 2.43. The third kappa shape index (κ3) is 1.80. The van der Waals surface area contributed by atoms with E-state index >= 15 is 0 Å². The third-order valence-corrected chi connectivity index (χ3v) is 4.34. The first-order chi connectivity index (χ1) is 7.89. The van der Waals surface area contributed by atoms with Crippen molar-refractivity contribution in [3.63, 3.8) is 0 Å². The first-order valence-corrected chi connectivity index (χ1v) is 6.40. The van der Waals surface area contributed by atoms with Crippen LogP contribution in [-0.2, 0) is 6.42 Å². The maximum absolute atomic E-state index is 10.1. The van der Waals surface area contributed by atoms with Gasteiger partial charge in [0.2, 0.25) is 0 Å². The maximum atomic E-state index is 10.1. The predicted octanol–water partition coefficient (Wildman–Crippen LogP) is 3.81. The molecule has 1 heterocycles. The van der Waals surface area contributed by atoms with E-state index in [0.717, 1.165) is 41.7 Å². The van der Waals surface area contributed by atoms with Crippen molar-refractivity contribution < 1.29 is 9.84 Å². The Labute approximate surface area is 104 Å². The summed E-state index contributed by atoms with van der Waals surface area (Å²) in [7, 11) is 0. The Morgan fingerprint density at radius 2 is 1.82 bits per heavy atom. The second-order valence-corrected chi connectivity index (χ2v) is 5.44. The van der Waals surface area contributed by atoms with Gasteiger partial charge in [-0.15, -0.1) is 0 Å². The van der Waals surface area contributed by atoms with Gasteiger partial charge in [-0.3, -0.25) is 0 Å². The fourth-order valence-corrected chi connectivity index (χ4v) is 2.54. The lowest BCUT2D eigenvalue weighted by atomic mass is 9.86. The molecule has 1 N–H and O–H groups in total. The van der Waals surface area contributed by atoms with Crippen molar-refractivity contribution in [2.45, 2.75) is 59.5 Å². The number of ether oxygens (including phenoxy) is 1. The van der Waals surface area contributed by atoms with Gasteiger partial charge >= 0.3 is 0 Å². The van der Waals surface area contributed by atoms with Gasteiger partial charge in [0.05, 0.1) is 0 Å². The van der Waals surface area contributed by atoms with E-state index in [1.165, 1.54) is 5.56 Å². The van der Waals surface area contributed by atoms with Crippen molar-refractivity contribution >= 4 is 0 Å². The molecule has 0 saturated carbocycles. The number of hydrogen-bond acceptors (Lipinski definition) is 2. The minimum Gasteiger partial charge on any atom is -0.507 e. The maximum Gasteiger partial charge on any atom is 0.127 e. The average molecular weight is 234 g/mol. The number of rotatable bonds is 1. The summed E-state index contributed by atoms with van der Waals surface area (Å²) >= 11 is 0. The zero-order valence-corrected chi connectivity index (χ0v) is 11.5. The van der Waals surface area contributed by atoms with E-state index in [1.54, 1.807) is 0 Å². The lowest BCUT2D eigenvalue weighted by molar-refractivity contribution is 0.0598. The molecule has 1 atom stereocenters. The highest BCUT2D eigenvalue weighted by molar-refractivity contribution is 5.58. The van der Waals surface area contributed by atoms with E-state index in [1.807, 2.05) is 20.8 Å². The minimum absolute atomic E-state index is 0.0480. The Kier molecular flexibility index (Phi) is 2.84. The lowest BCUT2D eigenvalue weighted by Crippen LogP contribution is -2.36. The number of hydrogen-bond donors (Lipinski definition) is 1. The van der Waals surface area contributed by atoms with Crippen LogP contribution in [-0.4, -0.2) is 10.7 Å². The SMILES string of the molecule is CC[C@@]1(C)CCc2c(C)c(O)c(C)c(C)c2O1. The van der Waals surface area contributed by atoms with Gasteiger partial charge in [-0.1, -0.05) is 6.92 Å². The summed E-state index contributed by atoms with van der Waals surface area (Å²) in [5.41, 5.74) is 4.16. The molecule has 0 amide bonds. The average Bonchev–Trinajstić information content (AvgIpc) is 2.33. The summed E-state index contributed by atoms with van der Waals surface area (Å²) in [4.78, 5) is 0. The van der Waals surface area contributed by atoms with Gasteiger partial charge in [0.1, 0.15) is 17.1 Å². The van der Waals surface area contributed by atoms with Gasteiger partial charge in [-0.25, -0.2) is 0 Å². The molecule has 17 heavy (non-hydrogen) atoms. The Morgan fingerprint density at radius 1 is 1.18 bits per heavy atom. The number of phenolic OH excluding ortho intramolecular Hbond substituents is 1. The summed E-state index contributed by atoms with van der Waals surface area (Å²) in [5.74, 6) is 1.44. The van der Waals surface area contributed by atoms with Gasteiger partial charge < -0.3 is 9.84 Å². The Balaban J connectivity index is 2.59. The summed E-state index contributed by atoms with van der Waals surface area (Å²) < 4.78 is 6.20. The zero-order chi connectivity index (χ0) is 12.8. The molecule has 1 aromatic rings. The molecule has 0 fully saturated rings. The largest absolute Gasteiger partial charge is 0.507 e. The van der Waals surface area contributed by atoms with Crippen molar-refractivity contribution in [2.24, 2.45) is 0 Å². The molecule has 0 aromatic heterocycles. The highest BCUT2D eigenvalue weighted by atomic mass is 16.5. The first-order valence-electron chi connectivity index (χ1n) is 6.40. The van der Waals surface area contributed by atoms with Gasteiger partial charge in [-0.2, -0.15) is 0 Å². The number of aromatic hydroxyl groups is 1. The van der Waals surface area contributed by atoms with Crippen LogP contribution in [0.5, 0.6) is 11.5 Å². The summed E-state index contributed by atoms with van der Waals surface area (Å²) in [6, 6.07) is 0. The molecular weight excluding hydrogens is 212 g/mol. The van der Waals surface area contributed by atoms with Crippen LogP contribution in [0.25, 0.3) is 0 Å². The monoisotopic (exact) mass is 234 g/mol. The van der Waals surface area contributed by atoms with E-state index in [4.69, 9.17) is 4.74 Å². The van der Waals surface area contributed by atoms with E-state index < -0.39 is 0 Å². The van der Waals surface area contributed by atoms with Gasteiger partial charge in [0.25, 0.3) is 0 Å². The van der Waals surface area contributed by atoms with Crippen LogP contribution in [0.3, 0.4) is 0 Å². The van der Waals surface area contributed by atoms with Crippen LogP contribution in [0.15, 0.2) is 0 Å². The lowest BCUT2D eigenvalue weighted by Gasteiger charge is -2.37. The molecule has 2 heteroatoms. The summed E-state index contributed by atoms with van der Waals surface area (Å²) in [6.45, 7) is 10.3. The molecule has 2 rings (SSSR count). The quantitative estimate of drug-likeness (QED) is 0.800. The van der Waals surface area contributed by atoms with Crippen LogP contribution in [0.1, 0.15) is 48.9 Å². The van der Waals surface area contributed by atoms with E-state index in [9.17, 15) is 5.11 Å². The molecule has 0 bridgehead atoms. The Hall–Kier alpha value is -1.18. The fourth-order valence-electron chi connectivity index (χ4n) is 2.54. The van der Waals surface area contributed by atoms with Crippen LogP contribution in [0.2, 0.25) is 0 Å². The molecule has 0 aliphatic carbocycles. The van der Waals surface area contributed by atoms with Gasteiger partial charge in [-0.05, 0) is 63.6 Å². The van der Waals surface area contributed by atoms with Crippen LogP contribution in [0, 0.1) is 20.8 Å². The number of fused-ring (bicyclic) bond motifs is 1. The second-order valence-electron chi connectivity index (χ2n) is 5.44. The predicted molar refractivity (Wildman–Crippen MR) is 70.0 cm³/mol. The van der Waals surface area contributed by atoms with E-state index in [2.05, 4.69) is 13.8 Å². The highest BCUT2D eigenvalue weighted by Gasteiger charge is 2.32. The molecule has 0 spiro atoms. The topological polar surface area (TPSA) is 29.5 Å². The molecule has 0 saturated heterocycles. The summed E-state index contributed by atoms with van der Waals surface area (Å²) in [5, 5.41) is 10.1. The molecule has 1 aliphatic heterocycles. The zero-order valence-electron chi connectivity index (χ0n) is 11.5. The smallest absolute Gasteiger partial charge is 0.127 e. The normalized spacial score (nSPS) is 23.1.